The van der Waals surface area contributed by atoms with Crippen LogP contribution in [0.4, 0.5) is 0 Å². The average molecular weight is 214 g/mol. The quantitative estimate of drug-likeness (QED) is 0.792. The fraction of sp³-hybridized carbons (Fsp3) is 0.231. The Balaban J connectivity index is 2.67. The Morgan fingerprint density at radius 1 is 1.12 bits per heavy atom. The van der Waals surface area contributed by atoms with Gasteiger partial charge in [-0.2, -0.15) is 0 Å². The van der Waals surface area contributed by atoms with Gasteiger partial charge in [-0.3, -0.25) is 4.79 Å². The highest BCUT2D eigenvalue weighted by atomic mass is 16.1. The molecule has 0 aliphatic heterocycles. The van der Waals surface area contributed by atoms with Crippen LogP contribution in [-0.4, -0.2) is 9.97 Å². The molecule has 0 radical (unpaired) electrons. The molecule has 1 aromatic heterocycles. The van der Waals surface area contributed by atoms with Gasteiger partial charge in [0, 0.05) is 16.8 Å². The molecule has 3 nitrogen and oxygen atoms in total. The van der Waals surface area contributed by atoms with E-state index in [9.17, 15) is 4.79 Å². The molecular formula is C13H14N2O. The van der Waals surface area contributed by atoms with Crippen molar-refractivity contribution in [1.82, 2.24) is 9.97 Å². The molecule has 0 spiro atoms. The summed E-state index contributed by atoms with van der Waals surface area (Å²) in [7, 11) is 0. The van der Waals surface area contributed by atoms with E-state index in [4.69, 9.17) is 0 Å². The molecule has 0 saturated heterocycles. The molecule has 3 heteroatoms. The van der Waals surface area contributed by atoms with Crippen molar-refractivity contribution in [3.63, 3.8) is 0 Å². The maximum absolute atomic E-state index is 11.6. The number of nitrogens with zero attached hydrogens (tertiary/aromatic N) is 1. The van der Waals surface area contributed by atoms with Crippen LogP contribution in [0, 0.1) is 20.8 Å². The third-order valence-electron chi connectivity index (χ3n) is 2.79. The van der Waals surface area contributed by atoms with Gasteiger partial charge in [0.15, 0.2) is 0 Å². The summed E-state index contributed by atoms with van der Waals surface area (Å²) in [5, 5.41) is 0. The Hall–Kier alpha value is -1.90. The molecule has 0 atom stereocenters. The van der Waals surface area contributed by atoms with Crippen LogP contribution in [0.3, 0.4) is 0 Å². The van der Waals surface area contributed by atoms with E-state index >= 15 is 0 Å². The van der Waals surface area contributed by atoms with Gasteiger partial charge in [-0.15, -0.1) is 0 Å². The van der Waals surface area contributed by atoms with Gasteiger partial charge in [-0.1, -0.05) is 24.3 Å². The number of hydrogen-bond donors (Lipinski definition) is 1. The molecule has 0 aliphatic carbocycles. The number of hydrogen-bond acceptors (Lipinski definition) is 2. The third-order valence-corrected chi connectivity index (χ3v) is 2.79. The Morgan fingerprint density at radius 2 is 1.81 bits per heavy atom. The fourth-order valence-electron chi connectivity index (χ4n) is 1.61. The van der Waals surface area contributed by atoms with Crippen LogP contribution in [0.1, 0.15) is 16.8 Å². The van der Waals surface area contributed by atoms with E-state index in [1.807, 2.05) is 38.1 Å². The molecule has 82 valence electrons. The third kappa shape index (κ3) is 1.76. The standard InChI is InChI=1S/C13H14N2O/c1-8-6-4-5-7-11(8)12-14-10(3)9(2)13(16)15-12/h4-7H,1-3H3,(H,14,15,16). The largest absolute Gasteiger partial charge is 0.306 e. The Bertz CT molecular complexity index is 585. The van der Waals surface area contributed by atoms with Crippen LogP contribution in [0.15, 0.2) is 29.1 Å². The number of H-pyrrole nitrogens is 1. The number of rotatable bonds is 1. The van der Waals surface area contributed by atoms with Gasteiger partial charge in [0.25, 0.3) is 5.56 Å². The average Bonchev–Trinajstić information content (AvgIpc) is 2.26. The molecule has 1 aromatic carbocycles. The van der Waals surface area contributed by atoms with Crippen LogP contribution in [0.2, 0.25) is 0 Å². The first kappa shape index (κ1) is 10.6. The smallest absolute Gasteiger partial charge is 0.254 e. The Morgan fingerprint density at radius 3 is 2.44 bits per heavy atom. The summed E-state index contributed by atoms with van der Waals surface area (Å²) in [5.74, 6) is 0.645. The minimum atomic E-state index is -0.0641. The molecule has 16 heavy (non-hydrogen) atoms. The number of benzene rings is 1. The number of aromatic nitrogens is 2. The predicted octanol–water partition coefficient (Wildman–Crippen LogP) is 2.36. The second-order valence-electron chi connectivity index (χ2n) is 3.94. The first-order chi connectivity index (χ1) is 7.59. The van der Waals surface area contributed by atoms with Crippen molar-refractivity contribution in [3.8, 4) is 11.4 Å². The zero-order valence-corrected chi connectivity index (χ0v) is 9.66. The van der Waals surface area contributed by atoms with E-state index in [1.165, 1.54) is 0 Å². The highest BCUT2D eigenvalue weighted by molar-refractivity contribution is 5.59. The van der Waals surface area contributed by atoms with Crippen LogP contribution >= 0.6 is 0 Å². The van der Waals surface area contributed by atoms with Gasteiger partial charge in [0.1, 0.15) is 5.82 Å². The van der Waals surface area contributed by atoms with E-state index < -0.39 is 0 Å². The lowest BCUT2D eigenvalue weighted by Crippen LogP contribution is -2.14. The topological polar surface area (TPSA) is 45.8 Å². The van der Waals surface area contributed by atoms with Crippen molar-refractivity contribution in [2.24, 2.45) is 0 Å². The number of aryl methyl sites for hydroxylation is 2. The Kier molecular flexibility index (Phi) is 2.60. The summed E-state index contributed by atoms with van der Waals surface area (Å²) in [4.78, 5) is 18.9. The Labute approximate surface area is 94.2 Å². The van der Waals surface area contributed by atoms with Crippen molar-refractivity contribution in [2.45, 2.75) is 20.8 Å². The normalized spacial score (nSPS) is 10.4. The van der Waals surface area contributed by atoms with E-state index in [-0.39, 0.29) is 5.56 Å². The van der Waals surface area contributed by atoms with E-state index in [0.29, 0.717) is 11.4 Å². The predicted molar refractivity (Wildman–Crippen MR) is 64.5 cm³/mol. The van der Waals surface area contributed by atoms with Crippen LogP contribution in [0.25, 0.3) is 11.4 Å². The first-order valence-electron chi connectivity index (χ1n) is 5.23. The molecule has 2 aromatic rings. The monoisotopic (exact) mass is 214 g/mol. The lowest BCUT2D eigenvalue weighted by atomic mass is 10.1. The maximum Gasteiger partial charge on any atom is 0.254 e. The molecule has 0 amide bonds. The van der Waals surface area contributed by atoms with Gasteiger partial charge in [-0.25, -0.2) is 4.98 Å². The van der Waals surface area contributed by atoms with Gasteiger partial charge >= 0.3 is 0 Å². The number of aromatic amines is 1. The van der Waals surface area contributed by atoms with Crippen LogP contribution in [0.5, 0.6) is 0 Å². The maximum atomic E-state index is 11.6. The first-order valence-corrected chi connectivity index (χ1v) is 5.23. The molecule has 1 N–H and O–H groups in total. The minimum Gasteiger partial charge on any atom is -0.306 e. The molecule has 0 saturated carbocycles. The fourth-order valence-corrected chi connectivity index (χ4v) is 1.61. The summed E-state index contributed by atoms with van der Waals surface area (Å²) < 4.78 is 0. The number of nitrogens with one attached hydrogen (secondary N) is 1. The second-order valence-corrected chi connectivity index (χ2v) is 3.94. The zero-order chi connectivity index (χ0) is 11.7. The molecule has 0 fully saturated rings. The lowest BCUT2D eigenvalue weighted by Gasteiger charge is -2.06. The van der Waals surface area contributed by atoms with Crippen LogP contribution in [-0.2, 0) is 0 Å². The summed E-state index contributed by atoms with van der Waals surface area (Å²) in [6.07, 6.45) is 0. The summed E-state index contributed by atoms with van der Waals surface area (Å²) in [5.41, 5.74) is 3.47. The summed E-state index contributed by atoms with van der Waals surface area (Å²) in [6.45, 7) is 5.64. The SMILES string of the molecule is Cc1ccccc1-c1nc(C)c(C)c(=O)[nH]1. The van der Waals surface area contributed by atoms with Gasteiger partial charge in [0.2, 0.25) is 0 Å². The van der Waals surface area contributed by atoms with Gasteiger partial charge in [-0.05, 0) is 26.3 Å². The molecule has 1 heterocycles. The summed E-state index contributed by atoms with van der Waals surface area (Å²) in [6, 6.07) is 7.88. The van der Waals surface area contributed by atoms with Crippen molar-refractivity contribution < 1.29 is 0 Å². The van der Waals surface area contributed by atoms with Crippen molar-refractivity contribution in [3.05, 3.63) is 51.4 Å². The zero-order valence-electron chi connectivity index (χ0n) is 9.66. The van der Waals surface area contributed by atoms with Crippen molar-refractivity contribution in [2.75, 3.05) is 0 Å². The minimum absolute atomic E-state index is 0.0641. The summed E-state index contributed by atoms with van der Waals surface area (Å²) >= 11 is 0. The van der Waals surface area contributed by atoms with E-state index in [2.05, 4.69) is 9.97 Å². The molecule has 2 rings (SSSR count). The molecular weight excluding hydrogens is 200 g/mol. The van der Waals surface area contributed by atoms with Crippen molar-refractivity contribution >= 4 is 0 Å². The highest BCUT2D eigenvalue weighted by Gasteiger charge is 2.07. The van der Waals surface area contributed by atoms with E-state index in [1.54, 1.807) is 6.92 Å². The second kappa shape index (κ2) is 3.93. The molecule has 0 aliphatic rings. The highest BCUT2D eigenvalue weighted by Crippen LogP contribution is 2.18. The lowest BCUT2D eigenvalue weighted by molar-refractivity contribution is 1.03. The van der Waals surface area contributed by atoms with Gasteiger partial charge in [0.05, 0.1) is 0 Å². The molecule has 0 unspecified atom stereocenters. The van der Waals surface area contributed by atoms with E-state index in [0.717, 1.165) is 16.8 Å². The molecule has 0 bridgehead atoms. The van der Waals surface area contributed by atoms with Crippen molar-refractivity contribution in [1.29, 1.82) is 0 Å². The van der Waals surface area contributed by atoms with Gasteiger partial charge < -0.3 is 4.98 Å². The van der Waals surface area contributed by atoms with Crippen LogP contribution < -0.4 is 5.56 Å².